The summed E-state index contributed by atoms with van der Waals surface area (Å²) in [5, 5.41) is 0. The molecule has 84 valence electrons. The molecule has 0 spiro atoms. The van der Waals surface area contributed by atoms with Gasteiger partial charge in [0.15, 0.2) is 0 Å². The first-order valence-electron chi connectivity index (χ1n) is 5.20. The number of carbonyl (C=O) groups is 1. The number of rotatable bonds is 1. The zero-order valence-corrected chi connectivity index (χ0v) is 9.11. The van der Waals surface area contributed by atoms with Crippen LogP contribution in [0.25, 0.3) is 0 Å². The Morgan fingerprint density at radius 3 is 2.88 bits per heavy atom. The number of halogens is 1. The van der Waals surface area contributed by atoms with Crippen molar-refractivity contribution in [2.75, 3.05) is 20.1 Å². The van der Waals surface area contributed by atoms with Crippen LogP contribution in [0.2, 0.25) is 0 Å². The predicted octanol–water partition coefficient (Wildman–Crippen LogP) is 1.48. The Labute approximate surface area is 93.6 Å². The molecule has 0 fully saturated rings. The zero-order chi connectivity index (χ0) is 11.5. The van der Waals surface area contributed by atoms with Crippen LogP contribution in [0.15, 0.2) is 29.3 Å². The quantitative estimate of drug-likeness (QED) is 0.705. The molecule has 1 aliphatic rings. The fraction of sp³-hybridized carbons (Fsp3) is 0.333. The van der Waals surface area contributed by atoms with Crippen molar-refractivity contribution in [3.8, 4) is 0 Å². The van der Waals surface area contributed by atoms with Crippen molar-refractivity contribution in [3.05, 3.63) is 35.6 Å². The number of carbonyl (C=O) groups excluding carboxylic acids is 1. The Morgan fingerprint density at radius 2 is 2.12 bits per heavy atom. The third kappa shape index (κ3) is 2.10. The van der Waals surface area contributed by atoms with Crippen molar-refractivity contribution in [2.45, 2.75) is 6.42 Å². The molecule has 0 unspecified atom stereocenters. The SMILES string of the molecule is CN1CCC(c2ccccc2F)=NCC1=O. The highest BCUT2D eigenvalue weighted by atomic mass is 19.1. The zero-order valence-electron chi connectivity index (χ0n) is 9.11. The second-order valence-electron chi connectivity index (χ2n) is 3.81. The first-order valence-corrected chi connectivity index (χ1v) is 5.20. The molecule has 2 rings (SSSR count). The molecule has 1 aromatic carbocycles. The third-order valence-electron chi connectivity index (χ3n) is 2.70. The number of amides is 1. The largest absolute Gasteiger partial charge is 0.344 e. The summed E-state index contributed by atoms with van der Waals surface area (Å²) >= 11 is 0. The number of aliphatic imine (C=N–C) groups is 1. The Bertz CT molecular complexity index is 442. The molecule has 0 saturated heterocycles. The molecule has 0 aliphatic carbocycles. The van der Waals surface area contributed by atoms with Crippen molar-refractivity contribution in [1.29, 1.82) is 0 Å². The second kappa shape index (κ2) is 4.43. The first-order chi connectivity index (χ1) is 7.68. The van der Waals surface area contributed by atoms with Crippen LogP contribution in [0.4, 0.5) is 4.39 Å². The summed E-state index contributed by atoms with van der Waals surface area (Å²) in [6.07, 6.45) is 0.600. The summed E-state index contributed by atoms with van der Waals surface area (Å²) < 4.78 is 13.5. The van der Waals surface area contributed by atoms with Gasteiger partial charge >= 0.3 is 0 Å². The van der Waals surface area contributed by atoms with E-state index in [-0.39, 0.29) is 18.3 Å². The van der Waals surface area contributed by atoms with E-state index in [0.29, 0.717) is 24.2 Å². The van der Waals surface area contributed by atoms with E-state index in [1.807, 2.05) is 0 Å². The maximum atomic E-state index is 13.5. The van der Waals surface area contributed by atoms with Crippen LogP contribution in [-0.4, -0.2) is 36.7 Å². The van der Waals surface area contributed by atoms with E-state index in [9.17, 15) is 9.18 Å². The maximum Gasteiger partial charge on any atom is 0.243 e. The van der Waals surface area contributed by atoms with Crippen molar-refractivity contribution < 1.29 is 9.18 Å². The van der Waals surface area contributed by atoms with Crippen molar-refractivity contribution in [1.82, 2.24) is 4.90 Å². The van der Waals surface area contributed by atoms with Gasteiger partial charge in [-0.3, -0.25) is 9.79 Å². The molecule has 4 heteroatoms. The van der Waals surface area contributed by atoms with E-state index >= 15 is 0 Å². The molecule has 0 aromatic heterocycles. The Balaban J connectivity index is 2.29. The summed E-state index contributed by atoms with van der Waals surface area (Å²) in [6, 6.07) is 6.53. The Morgan fingerprint density at radius 1 is 1.38 bits per heavy atom. The van der Waals surface area contributed by atoms with Gasteiger partial charge in [0.2, 0.25) is 5.91 Å². The summed E-state index contributed by atoms with van der Waals surface area (Å²) in [7, 11) is 1.74. The van der Waals surface area contributed by atoms with Gasteiger partial charge in [0.25, 0.3) is 0 Å². The van der Waals surface area contributed by atoms with Gasteiger partial charge in [-0.1, -0.05) is 18.2 Å². The third-order valence-corrected chi connectivity index (χ3v) is 2.70. The standard InChI is InChI=1S/C12H13FN2O/c1-15-7-6-11(14-8-12(15)16)9-4-2-3-5-10(9)13/h2-5H,6-8H2,1H3. The highest BCUT2D eigenvalue weighted by Gasteiger charge is 2.16. The summed E-state index contributed by atoms with van der Waals surface area (Å²) in [5.41, 5.74) is 1.18. The molecular weight excluding hydrogens is 207 g/mol. The van der Waals surface area contributed by atoms with Gasteiger partial charge in [0.1, 0.15) is 12.4 Å². The molecule has 16 heavy (non-hydrogen) atoms. The minimum Gasteiger partial charge on any atom is -0.344 e. The second-order valence-corrected chi connectivity index (χ2v) is 3.81. The number of hydrogen-bond donors (Lipinski definition) is 0. The summed E-state index contributed by atoms with van der Waals surface area (Å²) in [4.78, 5) is 17.2. The Hall–Kier alpha value is -1.71. The first kappa shape index (κ1) is 10.8. The highest BCUT2D eigenvalue weighted by Crippen LogP contribution is 2.12. The lowest BCUT2D eigenvalue weighted by atomic mass is 10.1. The average molecular weight is 220 g/mol. The van der Waals surface area contributed by atoms with E-state index in [1.165, 1.54) is 6.07 Å². The van der Waals surface area contributed by atoms with E-state index in [4.69, 9.17) is 0 Å². The molecule has 1 heterocycles. The van der Waals surface area contributed by atoms with Crippen LogP contribution in [0, 0.1) is 5.82 Å². The monoisotopic (exact) mass is 220 g/mol. The summed E-state index contributed by atoms with van der Waals surface area (Å²) in [5.74, 6) is -0.301. The lowest BCUT2D eigenvalue weighted by molar-refractivity contribution is -0.128. The van der Waals surface area contributed by atoms with Crippen molar-refractivity contribution in [3.63, 3.8) is 0 Å². The lowest BCUT2D eigenvalue weighted by Crippen LogP contribution is -2.28. The minimum absolute atomic E-state index is 0.0219. The number of likely N-dealkylation sites (N-methyl/N-ethyl adjacent to an activating group) is 1. The van der Waals surface area contributed by atoms with Crippen LogP contribution in [0.3, 0.4) is 0 Å². The molecule has 3 nitrogen and oxygen atoms in total. The van der Waals surface area contributed by atoms with Crippen LogP contribution in [0.1, 0.15) is 12.0 Å². The van der Waals surface area contributed by atoms with Gasteiger partial charge in [-0.2, -0.15) is 0 Å². The minimum atomic E-state index is -0.279. The van der Waals surface area contributed by atoms with E-state index in [2.05, 4.69) is 4.99 Å². The highest BCUT2D eigenvalue weighted by molar-refractivity contribution is 6.02. The maximum absolute atomic E-state index is 13.5. The van der Waals surface area contributed by atoms with Gasteiger partial charge in [-0.25, -0.2) is 4.39 Å². The van der Waals surface area contributed by atoms with Crippen LogP contribution in [0.5, 0.6) is 0 Å². The van der Waals surface area contributed by atoms with Crippen molar-refractivity contribution in [2.24, 2.45) is 4.99 Å². The summed E-state index contributed by atoms with van der Waals surface area (Å²) in [6.45, 7) is 0.701. The number of benzene rings is 1. The molecular formula is C12H13FN2O. The number of nitrogens with zero attached hydrogens (tertiary/aromatic N) is 2. The van der Waals surface area contributed by atoms with Crippen molar-refractivity contribution >= 4 is 11.6 Å². The molecule has 0 saturated carbocycles. The van der Waals surface area contributed by atoms with Gasteiger partial charge in [-0.15, -0.1) is 0 Å². The van der Waals surface area contributed by atoms with Gasteiger partial charge in [0.05, 0.1) is 0 Å². The van der Waals surface area contributed by atoms with Gasteiger partial charge in [0, 0.05) is 31.3 Å². The van der Waals surface area contributed by atoms with E-state index < -0.39 is 0 Å². The Kier molecular flexibility index (Phi) is 2.99. The normalized spacial score (nSPS) is 17.0. The van der Waals surface area contributed by atoms with Gasteiger partial charge < -0.3 is 4.90 Å². The smallest absolute Gasteiger partial charge is 0.243 e. The topological polar surface area (TPSA) is 32.7 Å². The van der Waals surface area contributed by atoms with Crippen LogP contribution in [-0.2, 0) is 4.79 Å². The van der Waals surface area contributed by atoms with E-state index in [1.54, 1.807) is 30.1 Å². The fourth-order valence-electron chi connectivity index (χ4n) is 1.68. The van der Waals surface area contributed by atoms with Crippen LogP contribution < -0.4 is 0 Å². The molecule has 0 bridgehead atoms. The van der Waals surface area contributed by atoms with Crippen LogP contribution >= 0.6 is 0 Å². The predicted molar refractivity (Wildman–Crippen MR) is 60.1 cm³/mol. The average Bonchev–Trinajstić information content (AvgIpc) is 2.44. The molecule has 1 aliphatic heterocycles. The molecule has 1 amide bonds. The molecule has 0 atom stereocenters. The molecule has 1 aromatic rings. The lowest BCUT2D eigenvalue weighted by Gasteiger charge is -2.12. The fourth-order valence-corrected chi connectivity index (χ4v) is 1.68. The van der Waals surface area contributed by atoms with E-state index in [0.717, 1.165) is 0 Å². The van der Waals surface area contributed by atoms with Gasteiger partial charge in [-0.05, 0) is 6.07 Å². The number of hydrogen-bond acceptors (Lipinski definition) is 2. The molecule has 0 N–H and O–H groups in total. The molecule has 0 radical (unpaired) electrons.